The Morgan fingerprint density at radius 1 is 0.971 bits per heavy atom. The molecule has 4 rings (SSSR count). The highest BCUT2D eigenvalue weighted by atomic mass is 35.5. The average molecular weight is 517 g/mol. The number of aromatic nitrogens is 1. The number of alkyl halides is 3. The van der Waals surface area contributed by atoms with Crippen molar-refractivity contribution < 1.29 is 21.6 Å². The lowest BCUT2D eigenvalue weighted by molar-refractivity contribution is -0.141. The lowest BCUT2D eigenvalue weighted by Crippen LogP contribution is -2.46. The molecule has 2 fully saturated rings. The number of nitrogens with zero attached hydrogens (tertiary/aromatic N) is 4. The first-order valence-corrected chi connectivity index (χ1v) is 13.2. The summed E-state index contributed by atoms with van der Waals surface area (Å²) in [6, 6.07) is 9.41. The van der Waals surface area contributed by atoms with Gasteiger partial charge < -0.3 is 0 Å². The third-order valence-electron chi connectivity index (χ3n) is 6.54. The van der Waals surface area contributed by atoms with Gasteiger partial charge in [-0.05, 0) is 62.7 Å². The Morgan fingerprint density at radius 2 is 1.71 bits per heavy atom. The Bertz CT molecular complexity index is 1070. The Hall–Kier alpha value is -1.72. The molecule has 0 N–H and O–H groups in total. The highest BCUT2D eigenvalue weighted by molar-refractivity contribution is 7.89. The first-order chi connectivity index (χ1) is 16.1. The average Bonchev–Trinajstić information content (AvgIpc) is 3.07. The van der Waals surface area contributed by atoms with E-state index in [1.807, 2.05) is 0 Å². The van der Waals surface area contributed by atoms with Gasteiger partial charge in [-0.1, -0.05) is 29.8 Å². The quantitative estimate of drug-likeness (QED) is 0.598. The molecule has 2 aliphatic rings. The van der Waals surface area contributed by atoms with Gasteiger partial charge in [-0.15, -0.1) is 0 Å². The molecule has 3 heterocycles. The van der Waals surface area contributed by atoms with E-state index in [0.29, 0.717) is 32.2 Å². The van der Waals surface area contributed by atoms with Gasteiger partial charge >= 0.3 is 6.18 Å². The lowest BCUT2D eigenvalue weighted by atomic mass is 10.0. The molecule has 0 radical (unpaired) electrons. The summed E-state index contributed by atoms with van der Waals surface area (Å²) in [7, 11) is -3.64. The fourth-order valence-electron chi connectivity index (χ4n) is 4.70. The van der Waals surface area contributed by atoms with Crippen LogP contribution in [0.2, 0.25) is 5.02 Å². The molecule has 6 nitrogen and oxygen atoms in total. The van der Waals surface area contributed by atoms with Crippen molar-refractivity contribution in [3.05, 3.63) is 58.9 Å². The van der Waals surface area contributed by atoms with E-state index in [0.717, 1.165) is 50.5 Å². The molecule has 34 heavy (non-hydrogen) atoms. The maximum atomic E-state index is 13.1. The maximum Gasteiger partial charge on any atom is 0.433 e. The predicted molar refractivity (Wildman–Crippen MR) is 124 cm³/mol. The zero-order chi connectivity index (χ0) is 24.3. The molecule has 1 aromatic carbocycles. The molecule has 0 saturated carbocycles. The minimum Gasteiger partial charge on any atom is -0.299 e. The molecular weight excluding hydrogens is 489 g/mol. The number of sulfonamides is 1. The number of likely N-dealkylation sites (tertiary alicyclic amines) is 1. The van der Waals surface area contributed by atoms with Crippen LogP contribution in [0.25, 0.3) is 0 Å². The number of rotatable bonds is 5. The Balaban J connectivity index is 1.29. The molecule has 1 aromatic heterocycles. The Kier molecular flexibility index (Phi) is 7.83. The molecular formula is C23H28ClF3N4O2S. The summed E-state index contributed by atoms with van der Waals surface area (Å²) >= 11 is 6.14. The van der Waals surface area contributed by atoms with Gasteiger partial charge in [0.2, 0.25) is 10.0 Å². The van der Waals surface area contributed by atoms with Crippen LogP contribution in [-0.2, 0) is 22.7 Å². The molecule has 11 heteroatoms. The van der Waals surface area contributed by atoms with Crippen molar-refractivity contribution in [1.82, 2.24) is 19.1 Å². The van der Waals surface area contributed by atoms with Gasteiger partial charge in [0.1, 0.15) is 10.6 Å². The largest absolute Gasteiger partial charge is 0.433 e. The van der Waals surface area contributed by atoms with Gasteiger partial charge in [0.25, 0.3) is 0 Å². The molecule has 0 unspecified atom stereocenters. The van der Waals surface area contributed by atoms with E-state index < -0.39 is 21.9 Å². The molecule has 2 saturated heterocycles. The maximum absolute atomic E-state index is 13.1. The van der Waals surface area contributed by atoms with Crippen LogP contribution in [-0.4, -0.2) is 72.8 Å². The van der Waals surface area contributed by atoms with E-state index in [4.69, 9.17) is 11.6 Å². The zero-order valence-corrected chi connectivity index (χ0v) is 20.3. The third-order valence-corrected chi connectivity index (χ3v) is 8.94. The first kappa shape index (κ1) is 25.4. The third kappa shape index (κ3) is 5.91. The fraction of sp³-hybridized carbons (Fsp3) is 0.522. The van der Waals surface area contributed by atoms with Crippen LogP contribution in [0.5, 0.6) is 0 Å². The second-order valence-electron chi connectivity index (χ2n) is 8.78. The highest BCUT2D eigenvalue weighted by Gasteiger charge is 2.33. The number of benzene rings is 1. The fourth-order valence-corrected chi connectivity index (χ4v) is 6.66. The highest BCUT2D eigenvalue weighted by Crippen LogP contribution is 2.28. The van der Waals surface area contributed by atoms with Crippen molar-refractivity contribution in [3.8, 4) is 0 Å². The molecule has 0 bridgehead atoms. The summed E-state index contributed by atoms with van der Waals surface area (Å²) < 4.78 is 65.8. The van der Waals surface area contributed by atoms with Gasteiger partial charge in [-0.2, -0.15) is 17.5 Å². The van der Waals surface area contributed by atoms with Crippen LogP contribution in [0.4, 0.5) is 13.2 Å². The van der Waals surface area contributed by atoms with Gasteiger partial charge in [-0.3, -0.25) is 14.8 Å². The summed E-state index contributed by atoms with van der Waals surface area (Å²) in [5.74, 6) is 0. The molecule has 0 amide bonds. The van der Waals surface area contributed by atoms with E-state index in [1.54, 1.807) is 24.3 Å². The zero-order valence-electron chi connectivity index (χ0n) is 18.7. The summed E-state index contributed by atoms with van der Waals surface area (Å²) in [5, 5.41) is 0.235. The van der Waals surface area contributed by atoms with Crippen LogP contribution in [0.15, 0.2) is 47.5 Å². The topological polar surface area (TPSA) is 56.8 Å². The van der Waals surface area contributed by atoms with Crippen molar-refractivity contribution in [1.29, 1.82) is 0 Å². The molecule has 0 aliphatic carbocycles. The normalized spacial score (nSPS) is 20.4. The number of hydrogen-bond acceptors (Lipinski definition) is 5. The van der Waals surface area contributed by atoms with E-state index in [1.165, 1.54) is 16.6 Å². The summed E-state index contributed by atoms with van der Waals surface area (Å²) in [6.45, 7) is 4.63. The smallest absolute Gasteiger partial charge is 0.299 e. The van der Waals surface area contributed by atoms with Gasteiger partial charge in [0.15, 0.2) is 0 Å². The van der Waals surface area contributed by atoms with Crippen molar-refractivity contribution in [3.63, 3.8) is 0 Å². The van der Waals surface area contributed by atoms with E-state index in [2.05, 4.69) is 14.8 Å². The van der Waals surface area contributed by atoms with Crippen LogP contribution in [0, 0.1) is 0 Å². The summed E-state index contributed by atoms with van der Waals surface area (Å²) in [4.78, 5) is 8.30. The number of hydrogen-bond donors (Lipinski definition) is 0. The molecule has 2 aromatic rings. The van der Waals surface area contributed by atoms with Gasteiger partial charge in [-0.25, -0.2) is 8.42 Å². The summed E-state index contributed by atoms with van der Waals surface area (Å²) in [5.41, 5.74) is -0.108. The second-order valence-corrected chi connectivity index (χ2v) is 11.1. The molecule has 0 spiro atoms. The number of pyridine rings is 1. The van der Waals surface area contributed by atoms with Crippen LogP contribution < -0.4 is 0 Å². The molecule has 186 valence electrons. The van der Waals surface area contributed by atoms with Crippen molar-refractivity contribution in [2.75, 3.05) is 39.3 Å². The predicted octanol–water partition coefficient (Wildman–Crippen LogP) is 4.11. The van der Waals surface area contributed by atoms with Gasteiger partial charge in [0.05, 0.1) is 5.02 Å². The van der Waals surface area contributed by atoms with Crippen LogP contribution in [0.3, 0.4) is 0 Å². The minimum absolute atomic E-state index is 0.149. The standard InChI is InChI=1S/C23H28ClF3N4O2S/c24-20-4-1-2-5-21(20)34(32,33)31-11-3-10-30(14-15-31)19-8-12-29(13-9-19)17-18-6-7-22(28-16-18)23(25,26)27/h1-2,4-7,16,19H,3,8-15,17H2. The number of halogens is 4. The Morgan fingerprint density at radius 3 is 2.35 bits per heavy atom. The SMILES string of the molecule is O=S(=O)(c1ccccc1Cl)N1CCCN(C2CCN(Cc3ccc(C(F)(F)F)nc3)CC2)CC1. The first-order valence-electron chi connectivity index (χ1n) is 11.4. The van der Waals surface area contributed by atoms with Crippen LogP contribution >= 0.6 is 11.6 Å². The van der Waals surface area contributed by atoms with Crippen molar-refractivity contribution in [2.24, 2.45) is 0 Å². The lowest BCUT2D eigenvalue weighted by Gasteiger charge is -2.38. The van der Waals surface area contributed by atoms with E-state index in [-0.39, 0.29) is 9.92 Å². The summed E-state index contributed by atoms with van der Waals surface area (Å²) in [6.07, 6.45) is -0.498. The van der Waals surface area contributed by atoms with E-state index >= 15 is 0 Å². The second kappa shape index (κ2) is 10.5. The number of piperidine rings is 1. The minimum atomic E-state index is -4.42. The molecule has 0 atom stereocenters. The molecule has 2 aliphatic heterocycles. The monoisotopic (exact) mass is 516 g/mol. The van der Waals surface area contributed by atoms with Crippen molar-refractivity contribution in [2.45, 2.75) is 42.9 Å². The van der Waals surface area contributed by atoms with Crippen LogP contribution in [0.1, 0.15) is 30.5 Å². The van der Waals surface area contributed by atoms with E-state index in [9.17, 15) is 21.6 Å². The Labute approximate surface area is 203 Å². The van der Waals surface area contributed by atoms with Gasteiger partial charge in [0, 0.05) is 38.4 Å². The van der Waals surface area contributed by atoms with Crippen molar-refractivity contribution >= 4 is 21.6 Å².